The maximum Gasteiger partial charge on any atom is 0.0621 e. The molecule has 0 unspecified atom stereocenters. The number of rotatable bonds is 5. The predicted octanol–water partition coefficient (Wildman–Crippen LogP) is 2.85. The van der Waals surface area contributed by atoms with Crippen LogP contribution in [-0.4, -0.2) is 0 Å². The van der Waals surface area contributed by atoms with Crippen LogP contribution in [0.25, 0.3) is 0 Å². The Labute approximate surface area is 63.4 Å². The number of hydrogen-bond acceptors (Lipinski definition) is 1. The number of nitriles is 1. The second-order valence-electron chi connectivity index (χ2n) is 2.16. The average Bonchev–Trinajstić information content (AvgIpc) is 1.97. The Morgan fingerprint density at radius 2 is 2.00 bits per heavy atom. The monoisotopic (exact) mass is 136 g/mol. The van der Waals surface area contributed by atoms with Crippen LogP contribution >= 0.6 is 0 Å². The van der Waals surface area contributed by atoms with Crippen LogP contribution in [0.4, 0.5) is 0 Å². The first kappa shape index (κ1) is 9.23. The fourth-order valence-corrected chi connectivity index (χ4v) is 0.653. The van der Waals surface area contributed by atoms with Gasteiger partial charge in [0.25, 0.3) is 0 Å². The molecule has 0 aliphatic rings. The summed E-state index contributed by atoms with van der Waals surface area (Å²) in [6.45, 7) is 3.72. The van der Waals surface area contributed by atoms with Crippen LogP contribution in [-0.2, 0) is 0 Å². The molecule has 1 heteroatoms. The summed E-state index contributed by atoms with van der Waals surface area (Å²) >= 11 is 0. The van der Waals surface area contributed by atoms with Crippen molar-refractivity contribution in [3.63, 3.8) is 0 Å². The summed E-state index contributed by atoms with van der Waals surface area (Å²) in [5, 5.41) is 8.18. The molecule has 0 amide bonds. The molecule has 10 heavy (non-hydrogen) atoms. The minimum Gasteiger partial charge on any atom is -0.198 e. The molecule has 0 aliphatic heterocycles. The van der Waals surface area contributed by atoms with Crippen molar-refractivity contribution in [1.29, 1.82) is 5.26 Å². The standard InChI is InChI=1S/C9H14N/c1-2-3-4-5-6-7-8-9-10/h4-5H,1-3,6-8H2/b5-4+. The fraction of sp³-hybridized carbons (Fsp3) is 0.556. The van der Waals surface area contributed by atoms with Crippen LogP contribution in [0.1, 0.15) is 32.1 Å². The van der Waals surface area contributed by atoms with Gasteiger partial charge in [0.1, 0.15) is 0 Å². The maximum absolute atomic E-state index is 8.18. The lowest BCUT2D eigenvalue weighted by Gasteiger charge is -1.86. The largest absolute Gasteiger partial charge is 0.198 e. The lowest BCUT2D eigenvalue weighted by atomic mass is 10.2. The van der Waals surface area contributed by atoms with Gasteiger partial charge in [0.05, 0.1) is 6.07 Å². The Kier molecular flexibility index (Phi) is 7.60. The third-order valence-electron chi connectivity index (χ3n) is 1.20. The van der Waals surface area contributed by atoms with E-state index in [1.54, 1.807) is 0 Å². The Morgan fingerprint density at radius 1 is 1.30 bits per heavy atom. The molecule has 0 aliphatic carbocycles. The molecule has 55 valence electrons. The van der Waals surface area contributed by atoms with Crippen molar-refractivity contribution < 1.29 is 0 Å². The van der Waals surface area contributed by atoms with Crippen molar-refractivity contribution >= 4 is 0 Å². The summed E-state index contributed by atoms with van der Waals surface area (Å²) in [6.07, 6.45) is 8.99. The third-order valence-corrected chi connectivity index (χ3v) is 1.20. The van der Waals surface area contributed by atoms with E-state index in [1.807, 2.05) is 0 Å². The van der Waals surface area contributed by atoms with Crippen molar-refractivity contribution in [1.82, 2.24) is 0 Å². The van der Waals surface area contributed by atoms with Crippen molar-refractivity contribution in [2.75, 3.05) is 0 Å². The molecule has 0 rings (SSSR count). The van der Waals surface area contributed by atoms with Gasteiger partial charge in [-0.15, -0.1) is 0 Å². The Balaban J connectivity index is 2.96. The van der Waals surface area contributed by atoms with Gasteiger partial charge >= 0.3 is 0 Å². The summed E-state index contributed by atoms with van der Waals surface area (Å²) in [4.78, 5) is 0. The van der Waals surface area contributed by atoms with E-state index in [2.05, 4.69) is 25.1 Å². The first-order valence-electron chi connectivity index (χ1n) is 3.73. The van der Waals surface area contributed by atoms with Crippen molar-refractivity contribution in [3.8, 4) is 6.07 Å². The van der Waals surface area contributed by atoms with E-state index in [0.29, 0.717) is 6.42 Å². The lowest BCUT2D eigenvalue weighted by molar-refractivity contribution is 0.870. The summed E-state index contributed by atoms with van der Waals surface area (Å²) in [5.41, 5.74) is 0. The number of unbranched alkanes of at least 4 members (excludes halogenated alkanes) is 3. The van der Waals surface area contributed by atoms with Gasteiger partial charge in [-0.05, 0) is 25.7 Å². The Hall–Kier alpha value is -0.770. The molecule has 0 aromatic rings. The zero-order valence-corrected chi connectivity index (χ0v) is 6.34. The highest BCUT2D eigenvalue weighted by atomic mass is 14.2. The maximum atomic E-state index is 8.18. The normalized spacial score (nSPS) is 10.0. The van der Waals surface area contributed by atoms with Gasteiger partial charge < -0.3 is 0 Å². The summed E-state index contributed by atoms with van der Waals surface area (Å²) in [6, 6.07) is 2.11. The molecule has 0 saturated heterocycles. The highest BCUT2D eigenvalue weighted by Crippen LogP contribution is 1.96. The molecule has 0 saturated carbocycles. The molecule has 0 atom stereocenters. The zero-order chi connectivity index (χ0) is 7.66. The van der Waals surface area contributed by atoms with E-state index in [4.69, 9.17) is 5.26 Å². The molecule has 1 nitrogen and oxygen atoms in total. The Morgan fingerprint density at radius 3 is 2.60 bits per heavy atom. The van der Waals surface area contributed by atoms with E-state index in [9.17, 15) is 0 Å². The second kappa shape index (κ2) is 8.23. The molecule has 0 aromatic heterocycles. The van der Waals surface area contributed by atoms with Gasteiger partial charge in [0, 0.05) is 6.42 Å². The van der Waals surface area contributed by atoms with Crippen molar-refractivity contribution in [2.24, 2.45) is 0 Å². The minimum absolute atomic E-state index is 0.675. The molecular weight excluding hydrogens is 122 g/mol. The van der Waals surface area contributed by atoms with Gasteiger partial charge in [0.15, 0.2) is 0 Å². The van der Waals surface area contributed by atoms with Crippen LogP contribution in [0.5, 0.6) is 0 Å². The quantitative estimate of drug-likeness (QED) is 0.421. The molecule has 0 aromatic carbocycles. The molecule has 0 spiro atoms. The number of nitrogens with zero attached hydrogens (tertiary/aromatic N) is 1. The lowest BCUT2D eigenvalue weighted by Crippen LogP contribution is -1.68. The van der Waals surface area contributed by atoms with Gasteiger partial charge in [-0.1, -0.05) is 19.1 Å². The van der Waals surface area contributed by atoms with Gasteiger partial charge in [-0.25, -0.2) is 0 Å². The van der Waals surface area contributed by atoms with Crippen LogP contribution in [0.15, 0.2) is 12.2 Å². The summed E-state index contributed by atoms with van der Waals surface area (Å²) in [5.74, 6) is 0. The van der Waals surface area contributed by atoms with Crippen LogP contribution in [0, 0.1) is 18.3 Å². The highest BCUT2D eigenvalue weighted by Gasteiger charge is 1.80. The summed E-state index contributed by atoms with van der Waals surface area (Å²) < 4.78 is 0. The first-order chi connectivity index (χ1) is 4.91. The SMILES string of the molecule is [CH2]CC/C=C/CCCC#N. The summed E-state index contributed by atoms with van der Waals surface area (Å²) in [7, 11) is 0. The van der Waals surface area contributed by atoms with Gasteiger partial charge in [-0.2, -0.15) is 5.26 Å². The van der Waals surface area contributed by atoms with Crippen molar-refractivity contribution in [3.05, 3.63) is 19.1 Å². The van der Waals surface area contributed by atoms with E-state index in [1.165, 1.54) is 0 Å². The number of hydrogen-bond donors (Lipinski definition) is 0. The molecule has 0 fully saturated rings. The zero-order valence-electron chi connectivity index (χ0n) is 6.34. The van der Waals surface area contributed by atoms with Crippen molar-refractivity contribution in [2.45, 2.75) is 32.1 Å². The molecule has 0 bridgehead atoms. The van der Waals surface area contributed by atoms with E-state index < -0.39 is 0 Å². The third kappa shape index (κ3) is 7.23. The molecule has 0 N–H and O–H groups in total. The molecule has 0 heterocycles. The van der Waals surface area contributed by atoms with Crippen LogP contribution in [0.2, 0.25) is 0 Å². The second-order valence-corrected chi connectivity index (χ2v) is 2.16. The first-order valence-corrected chi connectivity index (χ1v) is 3.73. The van der Waals surface area contributed by atoms with E-state index in [0.717, 1.165) is 25.7 Å². The number of allylic oxidation sites excluding steroid dienone is 2. The predicted molar refractivity (Wildman–Crippen MR) is 43.2 cm³/mol. The topological polar surface area (TPSA) is 23.8 Å². The van der Waals surface area contributed by atoms with Crippen LogP contribution < -0.4 is 0 Å². The fourth-order valence-electron chi connectivity index (χ4n) is 0.653. The van der Waals surface area contributed by atoms with E-state index >= 15 is 0 Å². The molecular formula is C9H14N. The van der Waals surface area contributed by atoms with Gasteiger partial charge in [0.2, 0.25) is 0 Å². The molecule has 1 radical (unpaired) electrons. The van der Waals surface area contributed by atoms with Crippen LogP contribution in [0.3, 0.4) is 0 Å². The van der Waals surface area contributed by atoms with E-state index in [-0.39, 0.29) is 0 Å². The Bertz CT molecular complexity index is 119. The average molecular weight is 136 g/mol. The minimum atomic E-state index is 0.675. The highest BCUT2D eigenvalue weighted by molar-refractivity contribution is 4.83. The van der Waals surface area contributed by atoms with Gasteiger partial charge in [-0.3, -0.25) is 0 Å². The smallest absolute Gasteiger partial charge is 0.0621 e.